The SMILES string of the molecule is CCC1CCN(CCCN2CCC(CC(C)C)CC2)CC1. The van der Waals surface area contributed by atoms with Gasteiger partial charge in [-0.1, -0.05) is 27.2 Å². The van der Waals surface area contributed by atoms with E-state index in [0.29, 0.717) is 0 Å². The lowest BCUT2D eigenvalue weighted by Crippen LogP contribution is -2.38. The van der Waals surface area contributed by atoms with E-state index in [0.717, 1.165) is 17.8 Å². The predicted molar refractivity (Wildman–Crippen MR) is 92.7 cm³/mol. The Bertz CT molecular complexity index is 261. The summed E-state index contributed by atoms with van der Waals surface area (Å²) in [4.78, 5) is 5.42. The van der Waals surface area contributed by atoms with E-state index in [2.05, 4.69) is 30.6 Å². The predicted octanol–water partition coefficient (Wildman–Crippen LogP) is 4.26. The third-order valence-corrected chi connectivity index (χ3v) is 5.75. The third-order valence-electron chi connectivity index (χ3n) is 5.75. The number of hydrogen-bond donors (Lipinski definition) is 0. The van der Waals surface area contributed by atoms with E-state index in [4.69, 9.17) is 0 Å². The molecule has 2 aliphatic rings. The Hall–Kier alpha value is -0.0800. The fraction of sp³-hybridized carbons (Fsp3) is 1.00. The summed E-state index contributed by atoms with van der Waals surface area (Å²) in [6.07, 6.45) is 9.99. The number of rotatable bonds is 7. The van der Waals surface area contributed by atoms with Crippen LogP contribution in [0.3, 0.4) is 0 Å². The van der Waals surface area contributed by atoms with Crippen molar-refractivity contribution < 1.29 is 0 Å². The molecule has 21 heavy (non-hydrogen) atoms. The van der Waals surface area contributed by atoms with Crippen molar-refractivity contribution in [1.82, 2.24) is 9.80 Å². The second-order valence-corrected chi connectivity index (χ2v) is 7.96. The van der Waals surface area contributed by atoms with Gasteiger partial charge in [0.15, 0.2) is 0 Å². The highest BCUT2D eigenvalue weighted by Crippen LogP contribution is 2.24. The Morgan fingerprint density at radius 2 is 1.29 bits per heavy atom. The van der Waals surface area contributed by atoms with E-state index in [9.17, 15) is 0 Å². The van der Waals surface area contributed by atoms with Crippen molar-refractivity contribution in [1.29, 1.82) is 0 Å². The van der Waals surface area contributed by atoms with Crippen LogP contribution in [0.5, 0.6) is 0 Å². The van der Waals surface area contributed by atoms with Crippen molar-refractivity contribution in [2.24, 2.45) is 17.8 Å². The van der Waals surface area contributed by atoms with E-state index in [1.165, 1.54) is 84.2 Å². The summed E-state index contributed by atoms with van der Waals surface area (Å²) in [7, 11) is 0. The third kappa shape index (κ3) is 6.28. The second-order valence-electron chi connectivity index (χ2n) is 7.96. The minimum absolute atomic E-state index is 0.882. The summed E-state index contributed by atoms with van der Waals surface area (Å²) in [5, 5.41) is 0. The lowest BCUT2D eigenvalue weighted by molar-refractivity contribution is 0.145. The van der Waals surface area contributed by atoms with Crippen molar-refractivity contribution >= 4 is 0 Å². The van der Waals surface area contributed by atoms with Crippen LogP contribution in [0.15, 0.2) is 0 Å². The van der Waals surface area contributed by atoms with Crippen LogP contribution >= 0.6 is 0 Å². The Balaban J connectivity index is 1.52. The minimum atomic E-state index is 0.882. The van der Waals surface area contributed by atoms with E-state index in [-0.39, 0.29) is 0 Å². The van der Waals surface area contributed by atoms with Gasteiger partial charge in [0.05, 0.1) is 0 Å². The largest absolute Gasteiger partial charge is 0.303 e. The molecule has 2 rings (SSSR count). The van der Waals surface area contributed by atoms with Gasteiger partial charge in [0.1, 0.15) is 0 Å². The normalized spacial score (nSPS) is 24.0. The monoisotopic (exact) mass is 294 g/mol. The van der Waals surface area contributed by atoms with Crippen LogP contribution in [0.4, 0.5) is 0 Å². The molecule has 0 aromatic carbocycles. The molecule has 2 aliphatic heterocycles. The summed E-state index contributed by atoms with van der Waals surface area (Å²) in [5.74, 6) is 2.91. The van der Waals surface area contributed by atoms with Crippen molar-refractivity contribution in [3.63, 3.8) is 0 Å². The first-order valence-corrected chi connectivity index (χ1v) is 9.62. The van der Waals surface area contributed by atoms with Gasteiger partial charge in [0.2, 0.25) is 0 Å². The molecule has 124 valence electrons. The highest BCUT2D eigenvalue weighted by molar-refractivity contribution is 4.75. The lowest BCUT2D eigenvalue weighted by Gasteiger charge is -2.34. The lowest BCUT2D eigenvalue weighted by atomic mass is 9.88. The molecule has 0 unspecified atom stereocenters. The highest BCUT2D eigenvalue weighted by Gasteiger charge is 2.20. The van der Waals surface area contributed by atoms with Gasteiger partial charge in [-0.3, -0.25) is 0 Å². The van der Waals surface area contributed by atoms with Crippen LogP contribution < -0.4 is 0 Å². The van der Waals surface area contributed by atoms with Crippen molar-refractivity contribution in [2.45, 2.75) is 65.7 Å². The first-order valence-electron chi connectivity index (χ1n) is 9.62. The fourth-order valence-corrected chi connectivity index (χ4v) is 4.25. The van der Waals surface area contributed by atoms with Crippen LogP contribution in [0.25, 0.3) is 0 Å². The topological polar surface area (TPSA) is 6.48 Å². The van der Waals surface area contributed by atoms with Gasteiger partial charge in [-0.2, -0.15) is 0 Å². The molecule has 0 spiro atoms. The Kier molecular flexibility index (Phi) is 7.53. The van der Waals surface area contributed by atoms with Crippen molar-refractivity contribution in [2.75, 3.05) is 39.3 Å². The molecule has 2 fully saturated rings. The average Bonchev–Trinajstić information content (AvgIpc) is 2.49. The summed E-state index contributed by atoms with van der Waals surface area (Å²) < 4.78 is 0. The van der Waals surface area contributed by atoms with E-state index in [1.54, 1.807) is 0 Å². The summed E-state index contributed by atoms with van der Waals surface area (Å²) in [5.41, 5.74) is 0. The number of piperidine rings is 2. The van der Waals surface area contributed by atoms with Crippen molar-refractivity contribution in [3.8, 4) is 0 Å². The Morgan fingerprint density at radius 1 is 0.810 bits per heavy atom. The molecule has 2 saturated heterocycles. The van der Waals surface area contributed by atoms with Crippen LogP contribution in [0.2, 0.25) is 0 Å². The molecule has 0 amide bonds. The molecule has 0 aliphatic carbocycles. The first kappa shape index (κ1) is 17.3. The minimum Gasteiger partial charge on any atom is -0.303 e. The summed E-state index contributed by atoms with van der Waals surface area (Å²) in [6, 6.07) is 0. The maximum Gasteiger partial charge on any atom is -0.000654 e. The molecule has 2 nitrogen and oxygen atoms in total. The second kappa shape index (κ2) is 9.15. The molecule has 0 aromatic rings. The number of likely N-dealkylation sites (tertiary alicyclic amines) is 2. The van der Waals surface area contributed by atoms with E-state index >= 15 is 0 Å². The summed E-state index contributed by atoms with van der Waals surface area (Å²) in [6.45, 7) is 15.2. The standard InChI is InChI=1S/C19H38N2/c1-4-18-6-12-20(13-7-18)10-5-11-21-14-8-19(9-15-21)16-17(2)3/h17-19H,4-16H2,1-3H3. The van der Waals surface area contributed by atoms with E-state index in [1.807, 2.05) is 0 Å². The fourth-order valence-electron chi connectivity index (χ4n) is 4.25. The van der Waals surface area contributed by atoms with Gasteiger partial charge in [-0.15, -0.1) is 0 Å². The zero-order chi connectivity index (χ0) is 15.1. The smallest absolute Gasteiger partial charge is 0.000654 e. The van der Waals surface area contributed by atoms with Gasteiger partial charge in [-0.05, 0) is 95.5 Å². The molecule has 0 saturated carbocycles. The van der Waals surface area contributed by atoms with Gasteiger partial charge in [0.25, 0.3) is 0 Å². The number of hydrogen-bond acceptors (Lipinski definition) is 2. The van der Waals surface area contributed by atoms with Crippen LogP contribution in [0.1, 0.15) is 65.7 Å². The zero-order valence-electron chi connectivity index (χ0n) is 14.8. The summed E-state index contributed by atoms with van der Waals surface area (Å²) >= 11 is 0. The van der Waals surface area contributed by atoms with Crippen LogP contribution in [-0.4, -0.2) is 49.1 Å². The zero-order valence-corrected chi connectivity index (χ0v) is 14.8. The molecule has 2 heteroatoms. The quantitative estimate of drug-likeness (QED) is 0.692. The van der Waals surface area contributed by atoms with Crippen molar-refractivity contribution in [3.05, 3.63) is 0 Å². The highest BCUT2D eigenvalue weighted by atomic mass is 15.2. The maximum absolute atomic E-state index is 2.72. The molecular formula is C19H38N2. The first-order chi connectivity index (χ1) is 10.2. The van der Waals surface area contributed by atoms with Gasteiger partial charge in [0, 0.05) is 0 Å². The molecule has 0 N–H and O–H groups in total. The van der Waals surface area contributed by atoms with Gasteiger partial charge >= 0.3 is 0 Å². The maximum atomic E-state index is 2.72. The van der Waals surface area contributed by atoms with Gasteiger partial charge in [-0.25, -0.2) is 0 Å². The average molecular weight is 295 g/mol. The van der Waals surface area contributed by atoms with Crippen LogP contribution in [0, 0.1) is 17.8 Å². The Labute approximate surface area is 133 Å². The molecule has 0 aromatic heterocycles. The van der Waals surface area contributed by atoms with Gasteiger partial charge < -0.3 is 9.80 Å². The molecule has 0 radical (unpaired) electrons. The van der Waals surface area contributed by atoms with Crippen LogP contribution in [-0.2, 0) is 0 Å². The molecular weight excluding hydrogens is 256 g/mol. The van der Waals surface area contributed by atoms with E-state index < -0.39 is 0 Å². The number of nitrogens with zero attached hydrogens (tertiary/aromatic N) is 2. The Morgan fingerprint density at radius 3 is 1.71 bits per heavy atom. The molecule has 0 atom stereocenters. The molecule has 2 heterocycles. The molecule has 0 bridgehead atoms.